The summed E-state index contributed by atoms with van der Waals surface area (Å²) in [5.41, 5.74) is 1.46. The van der Waals surface area contributed by atoms with Crippen molar-refractivity contribution < 1.29 is 23.5 Å². The number of carbonyl (C=O) groups excluding carboxylic acids is 2. The second-order valence-corrected chi connectivity index (χ2v) is 8.22. The standard InChI is InChI=1S/C26H29NO6/c1-5-6-11-27-25(29)21-13-18-8-9-19(14-22(18)33-26(21)30)32-24(28)15-31-23-12-17(4)7-10-20(23)16(2)3/h7-10,12-14,16H,5-6,11,15H2,1-4H3,(H,27,29). The maximum atomic E-state index is 12.3. The lowest BCUT2D eigenvalue weighted by Crippen LogP contribution is -2.28. The van der Waals surface area contributed by atoms with Gasteiger partial charge in [0, 0.05) is 18.0 Å². The molecule has 0 radical (unpaired) electrons. The minimum Gasteiger partial charge on any atom is -0.482 e. The van der Waals surface area contributed by atoms with Crippen LogP contribution in [-0.4, -0.2) is 25.0 Å². The van der Waals surface area contributed by atoms with E-state index in [4.69, 9.17) is 13.9 Å². The molecule has 3 aromatic rings. The van der Waals surface area contributed by atoms with Crippen molar-refractivity contribution in [3.8, 4) is 11.5 Å². The number of carbonyl (C=O) groups is 2. The molecule has 2 aromatic carbocycles. The first-order valence-corrected chi connectivity index (χ1v) is 11.1. The highest BCUT2D eigenvalue weighted by Gasteiger charge is 2.15. The van der Waals surface area contributed by atoms with Crippen molar-refractivity contribution in [2.24, 2.45) is 0 Å². The summed E-state index contributed by atoms with van der Waals surface area (Å²) in [6, 6.07) is 12.0. The fourth-order valence-electron chi connectivity index (χ4n) is 3.33. The molecule has 7 heteroatoms. The molecular weight excluding hydrogens is 422 g/mol. The van der Waals surface area contributed by atoms with E-state index in [0.29, 0.717) is 17.7 Å². The molecular formula is C26H29NO6. The lowest BCUT2D eigenvalue weighted by Gasteiger charge is -2.14. The molecule has 0 bridgehead atoms. The molecule has 7 nitrogen and oxygen atoms in total. The van der Waals surface area contributed by atoms with Crippen LogP contribution >= 0.6 is 0 Å². The summed E-state index contributed by atoms with van der Waals surface area (Å²) < 4.78 is 16.4. The van der Waals surface area contributed by atoms with E-state index in [9.17, 15) is 14.4 Å². The number of ether oxygens (including phenoxy) is 2. The van der Waals surface area contributed by atoms with Crippen LogP contribution in [0.25, 0.3) is 11.0 Å². The van der Waals surface area contributed by atoms with Crippen LogP contribution in [0.1, 0.15) is 61.0 Å². The Kier molecular flexibility index (Phi) is 7.87. The van der Waals surface area contributed by atoms with Gasteiger partial charge in [0.25, 0.3) is 5.91 Å². The van der Waals surface area contributed by atoms with E-state index in [1.165, 1.54) is 12.1 Å². The van der Waals surface area contributed by atoms with Crippen molar-refractivity contribution in [1.29, 1.82) is 0 Å². The van der Waals surface area contributed by atoms with Crippen LogP contribution in [0.15, 0.2) is 51.7 Å². The number of esters is 1. The Balaban J connectivity index is 1.69. The van der Waals surface area contributed by atoms with Crippen molar-refractivity contribution in [3.63, 3.8) is 0 Å². The lowest BCUT2D eigenvalue weighted by atomic mass is 10.0. The predicted octanol–water partition coefficient (Wildman–Crippen LogP) is 4.74. The molecule has 0 unspecified atom stereocenters. The Labute approximate surface area is 192 Å². The zero-order chi connectivity index (χ0) is 24.0. The number of hydrogen-bond acceptors (Lipinski definition) is 6. The van der Waals surface area contributed by atoms with E-state index in [1.807, 2.05) is 32.0 Å². The molecule has 0 aliphatic carbocycles. The van der Waals surface area contributed by atoms with E-state index >= 15 is 0 Å². The number of benzene rings is 2. The monoisotopic (exact) mass is 451 g/mol. The molecule has 33 heavy (non-hydrogen) atoms. The van der Waals surface area contributed by atoms with Gasteiger partial charge >= 0.3 is 11.6 Å². The van der Waals surface area contributed by atoms with Crippen LogP contribution in [0.3, 0.4) is 0 Å². The highest BCUT2D eigenvalue weighted by Crippen LogP contribution is 2.27. The van der Waals surface area contributed by atoms with Crippen molar-refractivity contribution >= 4 is 22.8 Å². The van der Waals surface area contributed by atoms with Gasteiger partial charge in [-0.2, -0.15) is 0 Å². The highest BCUT2D eigenvalue weighted by atomic mass is 16.6. The lowest BCUT2D eigenvalue weighted by molar-refractivity contribution is -0.136. The number of aryl methyl sites for hydroxylation is 1. The first-order chi connectivity index (χ1) is 15.8. The zero-order valence-corrected chi connectivity index (χ0v) is 19.4. The third kappa shape index (κ3) is 6.22. The van der Waals surface area contributed by atoms with Crippen LogP contribution in [0.2, 0.25) is 0 Å². The normalized spacial score (nSPS) is 10.9. The minimum atomic E-state index is -0.746. The second kappa shape index (κ2) is 10.8. The number of fused-ring (bicyclic) bond motifs is 1. The minimum absolute atomic E-state index is 0.0594. The van der Waals surface area contributed by atoms with Gasteiger partial charge in [0.1, 0.15) is 22.6 Å². The Morgan fingerprint density at radius 1 is 1.09 bits per heavy atom. The first-order valence-electron chi connectivity index (χ1n) is 11.1. The van der Waals surface area contributed by atoms with Crippen LogP contribution in [0.4, 0.5) is 0 Å². The molecule has 0 saturated heterocycles. The Morgan fingerprint density at radius 3 is 2.61 bits per heavy atom. The zero-order valence-electron chi connectivity index (χ0n) is 19.4. The van der Waals surface area contributed by atoms with Gasteiger partial charge in [0.2, 0.25) is 0 Å². The molecule has 1 aromatic heterocycles. The van der Waals surface area contributed by atoms with Gasteiger partial charge in [-0.3, -0.25) is 4.79 Å². The largest absolute Gasteiger partial charge is 0.482 e. The van der Waals surface area contributed by atoms with Gasteiger partial charge in [-0.1, -0.05) is 39.3 Å². The average molecular weight is 452 g/mol. The molecule has 0 spiro atoms. The summed E-state index contributed by atoms with van der Waals surface area (Å²) in [5.74, 6) is 0.0612. The molecule has 1 amide bonds. The van der Waals surface area contributed by atoms with E-state index in [0.717, 1.165) is 24.0 Å². The quantitative estimate of drug-likeness (QED) is 0.219. The van der Waals surface area contributed by atoms with Crippen LogP contribution in [0, 0.1) is 6.92 Å². The molecule has 174 valence electrons. The average Bonchev–Trinajstić information content (AvgIpc) is 2.77. The maximum absolute atomic E-state index is 12.3. The van der Waals surface area contributed by atoms with Gasteiger partial charge in [-0.05, 0) is 54.7 Å². The molecule has 3 rings (SSSR count). The van der Waals surface area contributed by atoms with Gasteiger partial charge in [-0.15, -0.1) is 0 Å². The van der Waals surface area contributed by atoms with Crippen molar-refractivity contribution in [2.75, 3.05) is 13.2 Å². The summed E-state index contributed by atoms with van der Waals surface area (Å²) in [6.45, 7) is 8.31. The van der Waals surface area contributed by atoms with Crippen molar-refractivity contribution in [2.45, 2.75) is 46.5 Å². The van der Waals surface area contributed by atoms with Gasteiger partial charge < -0.3 is 19.2 Å². The maximum Gasteiger partial charge on any atom is 0.349 e. The predicted molar refractivity (Wildman–Crippen MR) is 126 cm³/mol. The number of unbranched alkanes of at least 4 members (excludes halogenated alkanes) is 1. The smallest absolute Gasteiger partial charge is 0.349 e. The Morgan fingerprint density at radius 2 is 1.88 bits per heavy atom. The van der Waals surface area contributed by atoms with E-state index in [1.54, 1.807) is 12.1 Å². The summed E-state index contributed by atoms with van der Waals surface area (Å²) in [4.78, 5) is 36.8. The molecule has 1 N–H and O–H groups in total. The van der Waals surface area contributed by atoms with Crippen molar-refractivity contribution in [1.82, 2.24) is 5.32 Å². The molecule has 0 aliphatic heterocycles. The molecule has 1 heterocycles. The Bertz CT molecular complexity index is 1210. The topological polar surface area (TPSA) is 94.8 Å². The van der Waals surface area contributed by atoms with Crippen molar-refractivity contribution in [3.05, 3.63) is 69.6 Å². The summed E-state index contributed by atoms with van der Waals surface area (Å²) in [7, 11) is 0. The molecule has 0 saturated carbocycles. The molecule has 0 atom stereocenters. The fraction of sp³-hybridized carbons (Fsp3) is 0.346. The SMILES string of the molecule is CCCCNC(=O)c1cc2ccc(OC(=O)COc3cc(C)ccc3C(C)C)cc2oc1=O. The summed E-state index contributed by atoms with van der Waals surface area (Å²) >= 11 is 0. The Hall–Kier alpha value is -3.61. The fourth-order valence-corrected chi connectivity index (χ4v) is 3.33. The van der Waals surface area contributed by atoms with E-state index in [2.05, 4.69) is 19.2 Å². The first kappa shape index (κ1) is 24.0. The molecule has 0 aliphatic rings. The molecule has 0 fully saturated rings. The number of nitrogens with one attached hydrogen (secondary N) is 1. The van der Waals surface area contributed by atoms with E-state index < -0.39 is 17.5 Å². The third-order valence-corrected chi connectivity index (χ3v) is 5.14. The van der Waals surface area contributed by atoms with Crippen LogP contribution < -0.4 is 20.4 Å². The van der Waals surface area contributed by atoms with Gasteiger partial charge in [0.05, 0.1) is 0 Å². The summed E-state index contributed by atoms with van der Waals surface area (Å²) in [6.07, 6.45) is 1.76. The number of hydrogen-bond donors (Lipinski definition) is 1. The van der Waals surface area contributed by atoms with Gasteiger partial charge in [-0.25, -0.2) is 9.59 Å². The van der Waals surface area contributed by atoms with Gasteiger partial charge in [0.15, 0.2) is 6.61 Å². The second-order valence-electron chi connectivity index (χ2n) is 8.22. The number of amides is 1. The summed E-state index contributed by atoms with van der Waals surface area (Å²) in [5, 5.41) is 3.25. The van der Waals surface area contributed by atoms with Crippen LogP contribution in [-0.2, 0) is 4.79 Å². The highest BCUT2D eigenvalue weighted by molar-refractivity contribution is 5.96. The van der Waals surface area contributed by atoms with E-state index in [-0.39, 0.29) is 29.4 Å². The van der Waals surface area contributed by atoms with Crippen LogP contribution in [0.5, 0.6) is 11.5 Å². The number of rotatable bonds is 9. The third-order valence-electron chi connectivity index (χ3n) is 5.14.